The smallest absolute Gasteiger partial charge is 0.224 e. The van der Waals surface area contributed by atoms with E-state index in [1.807, 2.05) is 17.6 Å². The van der Waals surface area contributed by atoms with Crippen LogP contribution in [-0.2, 0) is 4.79 Å². The van der Waals surface area contributed by atoms with Crippen molar-refractivity contribution < 1.29 is 24.5 Å². The highest BCUT2D eigenvalue weighted by molar-refractivity contribution is 5.79. The number of allylic oxidation sites excluding steroid dienone is 2. The number of anilines is 2. The molecule has 218 valence electrons. The van der Waals surface area contributed by atoms with Crippen LogP contribution in [0.4, 0.5) is 16.3 Å². The fourth-order valence-corrected chi connectivity index (χ4v) is 5.96. The maximum Gasteiger partial charge on any atom is 0.224 e. The first-order chi connectivity index (χ1) is 19.3. The maximum absolute atomic E-state index is 14.8. The SMILES string of the molecule is CC1C=CC=C(F)C1Nc1nc2cnc(NC3CCC(O)CC3)nc2n1C1CCC(C(=O)NC[C@@H](O)CO)CC1. The zero-order chi connectivity index (χ0) is 28.2. The lowest BCUT2D eigenvalue weighted by molar-refractivity contribution is -0.126. The third-order valence-corrected chi connectivity index (χ3v) is 8.40. The van der Waals surface area contributed by atoms with Crippen LogP contribution in [0.15, 0.2) is 30.3 Å². The Morgan fingerprint density at radius 2 is 1.88 bits per heavy atom. The number of rotatable bonds is 9. The molecular formula is C28H40FN7O4. The van der Waals surface area contributed by atoms with Gasteiger partial charge in [0.2, 0.25) is 17.8 Å². The Labute approximate surface area is 233 Å². The van der Waals surface area contributed by atoms with E-state index in [9.17, 15) is 19.4 Å². The highest BCUT2D eigenvalue weighted by Gasteiger charge is 2.32. The minimum absolute atomic E-state index is 0.00589. The number of nitrogens with one attached hydrogen (secondary N) is 3. The third-order valence-electron chi connectivity index (χ3n) is 8.40. The Hall–Kier alpha value is -3.09. The molecule has 2 heterocycles. The highest BCUT2D eigenvalue weighted by atomic mass is 19.1. The number of imidazole rings is 1. The second kappa shape index (κ2) is 12.6. The first kappa shape index (κ1) is 28.4. The Morgan fingerprint density at radius 1 is 1.12 bits per heavy atom. The van der Waals surface area contributed by atoms with E-state index in [0.29, 0.717) is 48.7 Å². The van der Waals surface area contributed by atoms with Crippen molar-refractivity contribution in [2.45, 2.75) is 88.6 Å². The molecule has 0 saturated heterocycles. The monoisotopic (exact) mass is 557 g/mol. The lowest BCUT2D eigenvalue weighted by Crippen LogP contribution is -2.39. The summed E-state index contributed by atoms with van der Waals surface area (Å²) >= 11 is 0. The van der Waals surface area contributed by atoms with Gasteiger partial charge in [0.15, 0.2) is 5.65 Å². The van der Waals surface area contributed by atoms with E-state index >= 15 is 0 Å². The zero-order valence-electron chi connectivity index (χ0n) is 22.8. The summed E-state index contributed by atoms with van der Waals surface area (Å²) in [5.74, 6) is 0.380. The van der Waals surface area contributed by atoms with E-state index < -0.39 is 18.8 Å². The Morgan fingerprint density at radius 3 is 2.58 bits per heavy atom. The molecule has 3 aliphatic rings. The van der Waals surface area contributed by atoms with Crippen LogP contribution in [0.1, 0.15) is 64.3 Å². The molecule has 2 saturated carbocycles. The van der Waals surface area contributed by atoms with E-state index in [1.165, 1.54) is 6.08 Å². The van der Waals surface area contributed by atoms with Gasteiger partial charge in [0.05, 0.1) is 31.1 Å². The molecule has 11 nitrogen and oxygen atoms in total. The van der Waals surface area contributed by atoms with Gasteiger partial charge < -0.3 is 31.3 Å². The van der Waals surface area contributed by atoms with Gasteiger partial charge in [-0.05, 0) is 57.4 Å². The number of nitrogens with zero attached hydrogens (tertiary/aromatic N) is 4. The molecule has 0 radical (unpaired) electrons. The minimum atomic E-state index is -0.973. The van der Waals surface area contributed by atoms with Gasteiger partial charge >= 0.3 is 0 Å². The number of halogens is 1. The molecule has 1 amide bonds. The Kier molecular flexibility index (Phi) is 8.97. The van der Waals surface area contributed by atoms with Crippen molar-refractivity contribution >= 4 is 29.0 Å². The third kappa shape index (κ3) is 6.45. The molecule has 0 bridgehead atoms. The summed E-state index contributed by atoms with van der Waals surface area (Å²) in [6.45, 7) is 1.58. The molecule has 0 aliphatic heterocycles. The first-order valence-corrected chi connectivity index (χ1v) is 14.4. The predicted molar refractivity (Wildman–Crippen MR) is 149 cm³/mol. The summed E-state index contributed by atoms with van der Waals surface area (Å²) in [7, 11) is 0. The summed E-state index contributed by atoms with van der Waals surface area (Å²) in [6.07, 6.45) is 11.5. The number of amides is 1. The Balaban J connectivity index is 1.38. The van der Waals surface area contributed by atoms with E-state index in [2.05, 4.69) is 20.9 Å². The van der Waals surface area contributed by atoms with Crippen molar-refractivity contribution in [1.29, 1.82) is 0 Å². The molecule has 5 rings (SSSR count). The van der Waals surface area contributed by atoms with Crippen LogP contribution in [0.5, 0.6) is 0 Å². The zero-order valence-corrected chi connectivity index (χ0v) is 22.8. The van der Waals surface area contributed by atoms with Gasteiger partial charge in [-0.2, -0.15) is 4.98 Å². The van der Waals surface area contributed by atoms with Crippen LogP contribution in [0, 0.1) is 11.8 Å². The van der Waals surface area contributed by atoms with Gasteiger partial charge in [-0.1, -0.05) is 19.1 Å². The molecule has 0 aromatic carbocycles. The summed E-state index contributed by atoms with van der Waals surface area (Å²) in [4.78, 5) is 26.8. The van der Waals surface area contributed by atoms with Gasteiger partial charge in [-0.15, -0.1) is 0 Å². The fraction of sp³-hybridized carbons (Fsp3) is 0.643. The molecule has 2 fully saturated rings. The second-order valence-corrected chi connectivity index (χ2v) is 11.4. The van der Waals surface area contributed by atoms with Gasteiger partial charge in [-0.25, -0.2) is 14.4 Å². The molecule has 0 spiro atoms. The van der Waals surface area contributed by atoms with E-state index in [4.69, 9.17) is 15.1 Å². The van der Waals surface area contributed by atoms with Crippen LogP contribution >= 0.6 is 0 Å². The van der Waals surface area contributed by atoms with Crippen molar-refractivity contribution in [2.24, 2.45) is 11.8 Å². The highest BCUT2D eigenvalue weighted by Crippen LogP contribution is 2.37. The van der Waals surface area contributed by atoms with Crippen LogP contribution < -0.4 is 16.0 Å². The minimum Gasteiger partial charge on any atom is -0.394 e. The van der Waals surface area contributed by atoms with Gasteiger partial charge in [0, 0.05) is 30.5 Å². The normalized spacial score (nSPS) is 29.6. The number of hydrogen-bond donors (Lipinski definition) is 6. The number of carbonyl (C=O) groups is 1. The molecule has 2 unspecified atom stereocenters. The van der Waals surface area contributed by atoms with E-state index in [0.717, 1.165) is 25.7 Å². The molecule has 3 aliphatic carbocycles. The lowest BCUT2D eigenvalue weighted by Gasteiger charge is -2.31. The van der Waals surface area contributed by atoms with Crippen molar-refractivity contribution in [3.8, 4) is 0 Å². The summed E-state index contributed by atoms with van der Waals surface area (Å²) < 4.78 is 16.9. The van der Waals surface area contributed by atoms with Crippen LogP contribution in [0.3, 0.4) is 0 Å². The molecule has 2 aromatic heterocycles. The van der Waals surface area contributed by atoms with Crippen LogP contribution in [0.25, 0.3) is 11.2 Å². The number of aliphatic hydroxyl groups excluding tert-OH is 3. The van der Waals surface area contributed by atoms with E-state index in [-0.39, 0.29) is 48.3 Å². The average Bonchev–Trinajstić information content (AvgIpc) is 3.32. The standard InChI is InChI=1S/C28H40FN7O4/c1-16-3-2-4-22(29)24(16)34-28-33-23-14-31-27(32-18-7-11-20(38)12-8-18)35-25(23)36(28)19-9-5-17(6-10-19)26(40)30-13-21(39)15-37/h2-4,14,16-21,24,37-39H,5-13,15H2,1H3,(H,30,40)(H,33,34)(H,31,32,35)/t16?,17?,18?,19?,20?,21-,24?/m1/s1. The van der Waals surface area contributed by atoms with Crippen molar-refractivity contribution in [2.75, 3.05) is 23.8 Å². The largest absolute Gasteiger partial charge is 0.394 e. The van der Waals surface area contributed by atoms with Crippen LogP contribution in [0.2, 0.25) is 0 Å². The maximum atomic E-state index is 14.8. The number of fused-ring (bicyclic) bond motifs is 1. The number of aliphatic hydroxyl groups is 3. The summed E-state index contributed by atoms with van der Waals surface area (Å²) in [6, 6.07) is -0.379. The molecule has 2 aromatic rings. The average molecular weight is 558 g/mol. The molecule has 12 heteroatoms. The summed E-state index contributed by atoms with van der Waals surface area (Å²) in [5.41, 5.74) is 1.26. The van der Waals surface area contributed by atoms with Gasteiger partial charge in [-0.3, -0.25) is 9.36 Å². The number of carbonyl (C=O) groups excluding carboxylic acids is 1. The second-order valence-electron chi connectivity index (χ2n) is 11.4. The molecule has 40 heavy (non-hydrogen) atoms. The summed E-state index contributed by atoms with van der Waals surface area (Å²) in [5, 5.41) is 37.9. The van der Waals surface area contributed by atoms with Crippen molar-refractivity contribution in [1.82, 2.24) is 24.8 Å². The fourth-order valence-electron chi connectivity index (χ4n) is 5.96. The van der Waals surface area contributed by atoms with Crippen LogP contribution in [-0.4, -0.2) is 78.2 Å². The van der Waals surface area contributed by atoms with Gasteiger partial charge in [0.25, 0.3) is 0 Å². The first-order valence-electron chi connectivity index (χ1n) is 14.4. The predicted octanol–water partition coefficient (Wildman–Crippen LogP) is 2.58. The van der Waals surface area contributed by atoms with Gasteiger partial charge in [0.1, 0.15) is 11.3 Å². The quantitative estimate of drug-likeness (QED) is 0.273. The molecule has 3 atom stereocenters. The topological polar surface area (TPSA) is 157 Å². The Bertz CT molecular complexity index is 1230. The number of aromatic nitrogens is 4. The number of hydrogen-bond acceptors (Lipinski definition) is 9. The van der Waals surface area contributed by atoms with E-state index in [1.54, 1.807) is 12.3 Å². The molecular weight excluding hydrogens is 517 g/mol. The van der Waals surface area contributed by atoms with Crippen molar-refractivity contribution in [3.63, 3.8) is 0 Å². The lowest BCUT2D eigenvalue weighted by atomic mass is 9.85. The van der Waals surface area contributed by atoms with Crippen molar-refractivity contribution in [3.05, 3.63) is 30.3 Å². The molecule has 6 N–H and O–H groups in total.